The molecule has 1 unspecified atom stereocenters. The van der Waals surface area contributed by atoms with Crippen LogP contribution in [0.5, 0.6) is 0 Å². The first-order valence-electron chi connectivity index (χ1n) is 8.72. The molecule has 132 valence electrons. The Bertz CT molecular complexity index is 701. The topological polar surface area (TPSA) is 65.1 Å². The highest BCUT2D eigenvalue weighted by molar-refractivity contribution is 5.84. The number of amides is 1. The molecule has 4 nitrogen and oxygen atoms in total. The third kappa shape index (κ3) is 4.38. The number of nitrogens with one attached hydrogen (secondary N) is 2. The summed E-state index contributed by atoms with van der Waals surface area (Å²) in [5, 5.41) is 14.4. The number of carbonyl (C=O) groups is 1. The summed E-state index contributed by atoms with van der Waals surface area (Å²) in [6.07, 6.45) is 2.72. The predicted molar refractivity (Wildman–Crippen MR) is 99.0 cm³/mol. The van der Waals surface area contributed by atoms with Crippen LogP contribution in [0.1, 0.15) is 45.2 Å². The van der Waals surface area contributed by atoms with E-state index in [1.807, 2.05) is 33.9 Å². The molecule has 0 bridgehead atoms. The highest BCUT2D eigenvalue weighted by Crippen LogP contribution is 2.25. The van der Waals surface area contributed by atoms with Crippen LogP contribution in [0.15, 0.2) is 24.4 Å². The van der Waals surface area contributed by atoms with Crippen LogP contribution in [0.3, 0.4) is 0 Å². The molecule has 1 aromatic heterocycles. The predicted octanol–water partition coefficient (Wildman–Crippen LogP) is 3.57. The molecule has 1 atom stereocenters. The maximum Gasteiger partial charge on any atom is 0.220 e. The lowest BCUT2D eigenvalue weighted by Gasteiger charge is -2.33. The maximum absolute atomic E-state index is 12.2. The number of aromatic amines is 1. The highest BCUT2D eigenvalue weighted by Gasteiger charge is 2.30. The molecular weight excluding hydrogens is 300 g/mol. The molecule has 1 amide bonds. The average molecular weight is 330 g/mol. The van der Waals surface area contributed by atoms with Crippen molar-refractivity contribution in [3.63, 3.8) is 0 Å². The van der Waals surface area contributed by atoms with Crippen molar-refractivity contribution < 1.29 is 9.90 Å². The van der Waals surface area contributed by atoms with Gasteiger partial charge in [-0.1, -0.05) is 39.3 Å². The summed E-state index contributed by atoms with van der Waals surface area (Å²) in [4.78, 5) is 15.4. The number of hydrogen-bond acceptors (Lipinski definition) is 2. The first kappa shape index (κ1) is 18.5. The summed E-state index contributed by atoms with van der Waals surface area (Å²) in [6.45, 7) is 10.5. The number of aryl methyl sites for hydroxylation is 2. The molecule has 0 spiro atoms. The van der Waals surface area contributed by atoms with Gasteiger partial charge in [-0.05, 0) is 37.0 Å². The summed E-state index contributed by atoms with van der Waals surface area (Å²) < 4.78 is 0. The molecule has 4 heteroatoms. The van der Waals surface area contributed by atoms with Crippen molar-refractivity contribution in [2.75, 3.05) is 6.54 Å². The number of carbonyl (C=O) groups excluding carboxylic acids is 1. The van der Waals surface area contributed by atoms with Crippen molar-refractivity contribution >= 4 is 16.8 Å². The second kappa shape index (κ2) is 7.39. The van der Waals surface area contributed by atoms with Crippen molar-refractivity contribution in [2.45, 2.75) is 53.6 Å². The number of aliphatic hydroxyl groups is 1. The van der Waals surface area contributed by atoms with Crippen molar-refractivity contribution in [3.05, 3.63) is 35.5 Å². The van der Waals surface area contributed by atoms with Gasteiger partial charge in [0.1, 0.15) is 0 Å². The molecule has 24 heavy (non-hydrogen) atoms. The van der Waals surface area contributed by atoms with Gasteiger partial charge in [0.05, 0.1) is 6.10 Å². The second-order valence-electron chi connectivity index (χ2n) is 7.82. The van der Waals surface area contributed by atoms with Crippen LogP contribution in [0.2, 0.25) is 0 Å². The summed E-state index contributed by atoms with van der Waals surface area (Å²) in [7, 11) is 0. The average Bonchev–Trinajstić information content (AvgIpc) is 2.92. The number of H-pyrrole nitrogens is 1. The lowest BCUT2D eigenvalue weighted by molar-refractivity contribution is -0.122. The van der Waals surface area contributed by atoms with Crippen LogP contribution < -0.4 is 5.32 Å². The molecule has 0 aliphatic rings. The fraction of sp³-hybridized carbons (Fsp3) is 0.550. The van der Waals surface area contributed by atoms with E-state index in [4.69, 9.17) is 0 Å². The molecular formula is C20H30N2O2. The summed E-state index contributed by atoms with van der Waals surface area (Å²) in [6, 6.07) is 6.31. The van der Waals surface area contributed by atoms with Crippen molar-refractivity contribution in [1.82, 2.24) is 10.3 Å². The van der Waals surface area contributed by atoms with Crippen molar-refractivity contribution in [2.24, 2.45) is 11.3 Å². The van der Waals surface area contributed by atoms with Crippen molar-refractivity contribution in [1.29, 1.82) is 0 Å². The Morgan fingerprint density at radius 2 is 2.04 bits per heavy atom. The SMILES string of the molecule is Cc1ccc2[nH]cc(CCC(=O)NCC(C)(C)C(O)C(C)C)c2c1. The minimum Gasteiger partial charge on any atom is -0.392 e. The molecule has 1 aromatic carbocycles. The molecule has 3 N–H and O–H groups in total. The number of benzene rings is 1. The van der Waals surface area contributed by atoms with Gasteiger partial charge in [0, 0.05) is 35.5 Å². The zero-order valence-corrected chi connectivity index (χ0v) is 15.4. The quantitative estimate of drug-likeness (QED) is 0.726. The minimum absolute atomic E-state index is 0.0287. The van der Waals surface area contributed by atoms with Gasteiger partial charge in [0.2, 0.25) is 5.91 Å². The molecule has 0 aliphatic heterocycles. The number of hydrogen-bond donors (Lipinski definition) is 3. The van der Waals surface area contributed by atoms with Crippen LogP contribution in [0, 0.1) is 18.3 Å². The number of rotatable bonds is 7. The largest absolute Gasteiger partial charge is 0.392 e. The zero-order chi connectivity index (χ0) is 17.9. The summed E-state index contributed by atoms with van der Waals surface area (Å²) in [5.74, 6) is 0.201. The molecule has 0 fully saturated rings. The van der Waals surface area contributed by atoms with Gasteiger partial charge >= 0.3 is 0 Å². The zero-order valence-electron chi connectivity index (χ0n) is 15.4. The Kier molecular flexibility index (Phi) is 5.70. The van der Waals surface area contributed by atoms with E-state index < -0.39 is 6.10 Å². The van der Waals surface area contributed by atoms with E-state index in [9.17, 15) is 9.90 Å². The van der Waals surface area contributed by atoms with Gasteiger partial charge in [-0.25, -0.2) is 0 Å². The van der Waals surface area contributed by atoms with Crippen LogP contribution in [0.4, 0.5) is 0 Å². The van der Waals surface area contributed by atoms with Gasteiger partial charge in [0.15, 0.2) is 0 Å². The fourth-order valence-corrected chi connectivity index (χ4v) is 3.17. The number of aliphatic hydroxyl groups excluding tert-OH is 1. The molecule has 2 aromatic rings. The Morgan fingerprint density at radius 1 is 1.33 bits per heavy atom. The monoisotopic (exact) mass is 330 g/mol. The van der Waals surface area contributed by atoms with E-state index in [-0.39, 0.29) is 17.2 Å². The van der Waals surface area contributed by atoms with Gasteiger partial charge in [-0.2, -0.15) is 0 Å². The van der Waals surface area contributed by atoms with E-state index in [1.54, 1.807) is 0 Å². The molecule has 0 aliphatic carbocycles. The van der Waals surface area contributed by atoms with E-state index in [0.29, 0.717) is 19.4 Å². The fourth-order valence-electron chi connectivity index (χ4n) is 3.17. The standard InChI is InChI=1S/C20H30N2O2/c1-13(2)19(24)20(4,5)12-22-18(23)9-7-15-11-21-17-8-6-14(3)10-16(15)17/h6,8,10-11,13,19,21,24H,7,9,12H2,1-5H3,(H,22,23). The smallest absolute Gasteiger partial charge is 0.220 e. The normalized spacial score (nSPS) is 13.5. The van der Waals surface area contributed by atoms with Gasteiger partial charge in [-0.15, -0.1) is 0 Å². The van der Waals surface area contributed by atoms with Gasteiger partial charge < -0.3 is 15.4 Å². The van der Waals surface area contributed by atoms with Crippen LogP contribution in [-0.4, -0.2) is 28.6 Å². The minimum atomic E-state index is -0.436. The lowest BCUT2D eigenvalue weighted by Crippen LogP contribution is -2.43. The third-order valence-corrected chi connectivity index (χ3v) is 4.72. The Balaban J connectivity index is 1.90. The molecule has 0 radical (unpaired) electrons. The second-order valence-corrected chi connectivity index (χ2v) is 7.82. The lowest BCUT2D eigenvalue weighted by atomic mass is 9.80. The Labute approximate surface area is 144 Å². The van der Waals surface area contributed by atoms with E-state index in [0.717, 1.165) is 5.52 Å². The first-order valence-corrected chi connectivity index (χ1v) is 8.72. The van der Waals surface area contributed by atoms with E-state index in [2.05, 4.69) is 35.4 Å². The Morgan fingerprint density at radius 3 is 2.71 bits per heavy atom. The number of aromatic nitrogens is 1. The summed E-state index contributed by atoms with van der Waals surface area (Å²) >= 11 is 0. The maximum atomic E-state index is 12.2. The number of fused-ring (bicyclic) bond motifs is 1. The molecule has 0 saturated heterocycles. The van der Waals surface area contributed by atoms with Crippen LogP contribution in [0.25, 0.3) is 10.9 Å². The molecule has 2 rings (SSSR count). The highest BCUT2D eigenvalue weighted by atomic mass is 16.3. The van der Waals surface area contributed by atoms with Crippen LogP contribution >= 0.6 is 0 Å². The first-order chi connectivity index (χ1) is 11.2. The van der Waals surface area contributed by atoms with E-state index in [1.165, 1.54) is 16.5 Å². The Hall–Kier alpha value is -1.81. The molecule has 1 heterocycles. The van der Waals surface area contributed by atoms with Gasteiger partial charge in [0.25, 0.3) is 0 Å². The third-order valence-electron chi connectivity index (χ3n) is 4.72. The van der Waals surface area contributed by atoms with Crippen LogP contribution in [-0.2, 0) is 11.2 Å². The van der Waals surface area contributed by atoms with E-state index >= 15 is 0 Å². The molecule has 0 saturated carbocycles. The van der Waals surface area contributed by atoms with Gasteiger partial charge in [-0.3, -0.25) is 4.79 Å². The van der Waals surface area contributed by atoms with Crippen molar-refractivity contribution in [3.8, 4) is 0 Å². The summed E-state index contributed by atoms with van der Waals surface area (Å²) in [5.41, 5.74) is 3.17.